The molecule has 0 aromatic heterocycles. The zero-order chi connectivity index (χ0) is 10.2. The molecule has 0 radical (unpaired) electrons. The van der Waals surface area contributed by atoms with E-state index in [1.807, 2.05) is 18.2 Å². The summed E-state index contributed by atoms with van der Waals surface area (Å²) in [6, 6.07) is 5.74. The third-order valence-corrected chi connectivity index (χ3v) is 3.74. The predicted molar refractivity (Wildman–Crippen MR) is 59.0 cm³/mol. The lowest BCUT2D eigenvalue weighted by Crippen LogP contribution is -2.35. The summed E-state index contributed by atoms with van der Waals surface area (Å²) in [4.78, 5) is 0. The van der Waals surface area contributed by atoms with Gasteiger partial charge < -0.3 is 4.74 Å². The van der Waals surface area contributed by atoms with Crippen LogP contribution in [0.4, 0.5) is 0 Å². The molecule has 76 valence electrons. The summed E-state index contributed by atoms with van der Waals surface area (Å²) >= 11 is 11.8. The third-order valence-electron chi connectivity index (χ3n) is 3.00. The molecule has 1 fully saturated rings. The van der Waals surface area contributed by atoms with Crippen LogP contribution in [0.1, 0.15) is 24.8 Å². The third kappa shape index (κ3) is 1.54. The molecule has 2 rings (SSSR count). The first-order chi connectivity index (χ1) is 6.68. The van der Waals surface area contributed by atoms with Gasteiger partial charge in [0.05, 0.1) is 15.6 Å². The van der Waals surface area contributed by atoms with Crippen LogP contribution in [0.2, 0.25) is 10.0 Å². The highest BCUT2D eigenvalue weighted by molar-refractivity contribution is 6.42. The van der Waals surface area contributed by atoms with E-state index in [2.05, 4.69) is 0 Å². The average Bonchev–Trinajstić information content (AvgIpc) is 2.10. The van der Waals surface area contributed by atoms with Crippen LogP contribution in [0.15, 0.2) is 18.2 Å². The lowest BCUT2D eigenvalue weighted by atomic mass is 9.75. The molecule has 0 unspecified atom stereocenters. The maximum absolute atomic E-state index is 5.97. The molecular formula is C11H12Cl2O. The smallest absolute Gasteiger partial charge is 0.0928 e. The minimum absolute atomic E-state index is 0.103. The Labute approximate surface area is 94.0 Å². The van der Waals surface area contributed by atoms with Crippen molar-refractivity contribution in [3.05, 3.63) is 33.8 Å². The molecular weight excluding hydrogens is 219 g/mol. The highest BCUT2D eigenvalue weighted by Crippen LogP contribution is 2.45. The SMILES string of the molecule is COC1(c2ccc(Cl)c(Cl)c2)CCC1. The van der Waals surface area contributed by atoms with Crippen LogP contribution in [-0.4, -0.2) is 7.11 Å². The maximum Gasteiger partial charge on any atom is 0.0928 e. The van der Waals surface area contributed by atoms with Crippen LogP contribution in [0.3, 0.4) is 0 Å². The van der Waals surface area contributed by atoms with Crippen molar-refractivity contribution in [1.29, 1.82) is 0 Å². The van der Waals surface area contributed by atoms with E-state index >= 15 is 0 Å². The largest absolute Gasteiger partial charge is 0.374 e. The van der Waals surface area contributed by atoms with Gasteiger partial charge in [-0.1, -0.05) is 29.3 Å². The molecule has 0 N–H and O–H groups in total. The minimum Gasteiger partial charge on any atom is -0.374 e. The Kier molecular flexibility index (Phi) is 2.74. The molecule has 0 aliphatic heterocycles. The van der Waals surface area contributed by atoms with Crippen molar-refractivity contribution in [2.45, 2.75) is 24.9 Å². The van der Waals surface area contributed by atoms with Gasteiger partial charge in [0.2, 0.25) is 0 Å². The molecule has 0 bridgehead atoms. The second kappa shape index (κ2) is 3.73. The molecule has 0 heterocycles. The first-order valence-corrected chi connectivity index (χ1v) is 5.44. The minimum atomic E-state index is -0.103. The van der Waals surface area contributed by atoms with E-state index in [1.165, 1.54) is 6.42 Å². The van der Waals surface area contributed by atoms with Gasteiger partial charge in [-0.05, 0) is 37.0 Å². The second-order valence-electron chi connectivity index (χ2n) is 3.68. The Balaban J connectivity index is 2.36. The number of methoxy groups -OCH3 is 1. The van der Waals surface area contributed by atoms with Gasteiger partial charge in [-0.3, -0.25) is 0 Å². The average molecular weight is 231 g/mol. The highest BCUT2D eigenvalue weighted by atomic mass is 35.5. The van der Waals surface area contributed by atoms with E-state index in [0.29, 0.717) is 10.0 Å². The van der Waals surface area contributed by atoms with Gasteiger partial charge in [0, 0.05) is 7.11 Å². The predicted octanol–water partition coefficient (Wildman–Crippen LogP) is 4.02. The normalized spacial score (nSPS) is 19.1. The fraction of sp³-hybridized carbons (Fsp3) is 0.455. The number of rotatable bonds is 2. The number of halogens is 2. The van der Waals surface area contributed by atoms with E-state index < -0.39 is 0 Å². The molecule has 0 saturated heterocycles. The van der Waals surface area contributed by atoms with Gasteiger partial charge in [0.15, 0.2) is 0 Å². The molecule has 1 saturated carbocycles. The maximum atomic E-state index is 5.97. The zero-order valence-corrected chi connectivity index (χ0v) is 9.53. The lowest BCUT2D eigenvalue weighted by Gasteiger charge is -2.41. The Morgan fingerprint density at radius 2 is 1.93 bits per heavy atom. The summed E-state index contributed by atoms with van der Waals surface area (Å²) in [7, 11) is 1.75. The molecule has 0 amide bonds. The number of hydrogen-bond donors (Lipinski definition) is 0. The molecule has 1 aromatic carbocycles. The number of ether oxygens (including phenoxy) is 1. The van der Waals surface area contributed by atoms with Crippen LogP contribution in [0.25, 0.3) is 0 Å². The quantitative estimate of drug-likeness (QED) is 0.746. The lowest BCUT2D eigenvalue weighted by molar-refractivity contribution is -0.0778. The highest BCUT2D eigenvalue weighted by Gasteiger charge is 2.38. The van der Waals surface area contributed by atoms with Crippen molar-refractivity contribution in [1.82, 2.24) is 0 Å². The summed E-state index contributed by atoms with van der Waals surface area (Å²) < 4.78 is 5.55. The van der Waals surface area contributed by atoms with E-state index in [9.17, 15) is 0 Å². The second-order valence-corrected chi connectivity index (χ2v) is 4.50. The van der Waals surface area contributed by atoms with E-state index in [1.54, 1.807) is 7.11 Å². The molecule has 0 atom stereocenters. The molecule has 1 aromatic rings. The molecule has 14 heavy (non-hydrogen) atoms. The molecule has 3 heteroatoms. The van der Waals surface area contributed by atoms with Gasteiger partial charge in [-0.2, -0.15) is 0 Å². The van der Waals surface area contributed by atoms with E-state index in [4.69, 9.17) is 27.9 Å². The van der Waals surface area contributed by atoms with Gasteiger partial charge in [-0.15, -0.1) is 0 Å². The van der Waals surface area contributed by atoms with Crippen molar-refractivity contribution in [2.24, 2.45) is 0 Å². The summed E-state index contributed by atoms with van der Waals surface area (Å²) in [5, 5.41) is 1.20. The Morgan fingerprint density at radius 1 is 1.21 bits per heavy atom. The topological polar surface area (TPSA) is 9.23 Å². The van der Waals surface area contributed by atoms with Gasteiger partial charge in [0.25, 0.3) is 0 Å². The van der Waals surface area contributed by atoms with Crippen molar-refractivity contribution in [3.8, 4) is 0 Å². The first-order valence-electron chi connectivity index (χ1n) is 4.69. The summed E-state index contributed by atoms with van der Waals surface area (Å²) in [5.74, 6) is 0. The fourth-order valence-corrected chi connectivity index (χ4v) is 2.19. The van der Waals surface area contributed by atoms with Gasteiger partial charge in [0.1, 0.15) is 0 Å². The van der Waals surface area contributed by atoms with Crippen LogP contribution in [0, 0.1) is 0 Å². The Hall–Kier alpha value is -0.240. The molecule has 0 spiro atoms. The molecule has 1 aliphatic carbocycles. The van der Waals surface area contributed by atoms with Crippen molar-refractivity contribution >= 4 is 23.2 Å². The summed E-state index contributed by atoms with van der Waals surface area (Å²) in [6.45, 7) is 0. The molecule has 1 nitrogen and oxygen atoms in total. The van der Waals surface area contributed by atoms with Crippen molar-refractivity contribution in [2.75, 3.05) is 7.11 Å². The van der Waals surface area contributed by atoms with Crippen molar-refractivity contribution < 1.29 is 4.74 Å². The standard InChI is InChI=1S/C11H12Cl2O/c1-14-11(5-2-6-11)8-3-4-9(12)10(13)7-8/h3-4,7H,2,5-6H2,1H3. The molecule has 1 aliphatic rings. The number of hydrogen-bond acceptors (Lipinski definition) is 1. The Bertz CT molecular complexity index is 340. The van der Waals surface area contributed by atoms with Crippen LogP contribution < -0.4 is 0 Å². The van der Waals surface area contributed by atoms with Crippen LogP contribution in [0.5, 0.6) is 0 Å². The number of benzene rings is 1. The van der Waals surface area contributed by atoms with Gasteiger partial charge in [-0.25, -0.2) is 0 Å². The first kappa shape index (κ1) is 10.3. The summed E-state index contributed by atoms with van der Waals surface area (Å²) in [5.41, 5.74) is 1.04. The van der Waals surface area contributed by atoms with Crippen molar-refractivity contribution in [3.63, 3.8) is 0 Å². The zero-order valence-electron chi connectivity index (χ0n) is 8.02. The van der Waals surface area contributed by atoms with Crippen LogP contribution >= 0.6 is 23.2 Å². The van der Waals surface area contributed by atoms with Crippen LogP contribution in [-0.2, 0) is 10.3 Å². The van der Waals surface area contributed by atoms with E-state index in [0.717, 1.165) is 18.4 Å². The van der Waals surface area contributed by atoms with Gasteiger partial charge >= 0.3 is 0 Å². The summed E-state index contributed by atoms with van der Waals surface area (Å²) in [6.07, 6.45) is 3.36. The monoisotopic (exact) mass is 230 g/mol. The fourth-order valence-electron chi connectivity index (χ4n) is 1.89. The van der Waals surface area contributed by atoms with E-state index in [-0.39, 0.29) is 5.60 Å². The Morgan fingerprint density at radius 3 is 2.36 bits per heavy atom.